The zero-order valence-electron chi connectivity index (χ0n) is 12.7. The predicted molar refractivity (Wildman–Crippen MR) is 86.9 cm³/mol. The summed E-state index contributed by atoms with van der Waals surface area (Å²) in [5.74, 6) is 1.44. The molecule has 0 aromatic heterocycles. The first-order chi connectivity index (χ1) is 9.56. The molecule has 1 aliphatic rings. The Hall–Kier alpha value is -1.26. The molecule has 1 heterocycles. The van der Waals surface area contributed by atoms with Gasteiger partial charge in [-0.05, 0) is 43.9 Å². The molecule has 1 aromatic carbocycles. The number of hydrogen-bond acceptors (Lipinski definition) is 3. The van der Waals surface area contributed by atoms with Gasteiger partial charge < -0.3 is 15.4 Å². The third-order valence-electron chi connectivity index (χ3n) is 3.90. The number of aryl methyl sites for hydroxylation is 1. The molecule has 0 saturated carbocycles. The van der Waals surface area contributed by atoms with E-state index in [2.05, 4.69) is 0 Å². The monoisotopic (exact) mass is 312 g/mol. The van der Waals surface area contributed by atoms with E-state index in [4.69, 9.17) is 10.5 Å². The van der Waals surface area contributed by atoms with Crippen molar-refractivity contribution in [3.8, 4) is 5.75 Å². The molecule has 1 fully saturated rings. The highest BCUT2D eigenvalue weighted by Crippen LogP contribution is 2.19. The lowest BCUT2D eigenvalue weighted by Gasteiger charge is -2.18. The van der Waals surface area contributed by atoms with Crippen molar-refractivity contribution in [3.63, 3.8) is 0 Å². The average molecular weight is 313 g/mol. The highest BCUT2D eigenvalue weighted by atomic mass is 35.5. The van der Waals surface area contributed by atoms with Crippen LogP contribution in [0.4, 0.5) is 0 Å². The van der Waals surface area contributed by atoms with Crippen molar-refractivity contribution in [1.82, 2.24) is 4.90 Å². The first kappa shape index (κ1) is 17.8. The van der Waals surface area contributed by atoms with E-state index >= 15 is 0 Å². The Labute approximate surface area is 133 Å². The van der Waals surface area contributed by atoms with E-state index in [1.54, 1.807) is 0 Å². The van der Waals surface area contributed by atoms with Gasteiger partial charge in [0.15, 0.2) is 0 Å². The number of nitrogens with zero attached hydrogens (tertiary/aromatic N) is 1. The summed E-state index contributed by atoms with van der Waals surface area (Å²) in [6, 6.07) is 8.04. The summed E-state index contributed by atoms with van der Waals surface area (Å²) < 4.78 is 5.62. The molecule has 118 valence electrons. The number of likely N-dealkylation sites (tertiary alicyclic amines) is 1. The quantitative estimate of drug-likeness (QED) is 0.908. The molecular weight excluding hydrogens is 288 g/mol. The van der Waals surface area contributed by atoms with E-state index in [0.717, 1.165) is 30.8 Å². The molecule has 1 amide bonds. The van der Waals surface area contributed by atoms with E-state index in [0.29, 0.717) is 18.9 Å². The van der Waals surface area contributed by atoms with Crippen LogP contribution in [0.15, 0.2) is 24.3 Å². The second-order valence-corrected chi connectivity index (χ2v) is 5.66. The Balaban J connectivity index is 0.00000220. The topological polar surface area (TPSA) is 55.6 Å². The van der Waals surface area contributed by atoms with Gasteiger partial charge >= 0.3 is 0 Å². The van der Waals surface area contributed by atoms with Crippen LogP contribution in [0.2, 0.25) is 0 Å². The number of carbonyl (C=O) groups is 1. The number of benzene rings is 1. The summed E-state index contributed by atoms with van der Waals surface area (Å²) in [7, 11) is 0. The number of ether oxygens (including phenoxy) is 1. The van der Waals surface area contributed by atoms with Crippen molar-refractivity contribution >= 4 is 18.3 Å². The smallest absolute Gasteiger partial charge is 0.226 e. The molecule has 0 bridgehead atoms. The maximum atomic E-state index is 12.1. The molecule has 1 saturated heterocycles. The number of nitrogens with two attached hydrogens (primary N) is 1. The standard InChI is InChI=1S/C16H24N2O2.ClH/c1-12-4-3-5-15(10-12)20-9-7-16(19)18-8-6-14(11-18)13(2)17;/h3-5,10,13-14H,6-9,11,17H2,1-2H3;1H. The van der Waals surface area contributed by atoms with Crippen LogP contribution < -0.4 is 10.5 Å². The minimum Gasteiger partial charge on any atom is -0.493 e. The molecule has 4 nitrogen and oxygen atoms in total. The summed E-state index contributed by atoms with van der Waals surface area (Å²) in [6.45, 7) is 6.09. The van der Waals surface area contributed by atoms with Gasteiger partial charge in [-0.2, -0.15) is 0 Å². The van der Waals surface area contributed by atoms with Crippen molar-refractivity contribution in [2.75, 3.05) is 19.7 Å². The molecule has 5 heteroatoms. The lowest BCUT2D eigenvalue weighted by molar-refractivity contribution is -0.130. The Bertz CT molecular complexity index is 465. The van der Waals surface area contributed by atoms with Crippen molar-refractivity contribution < 1.29 is 9.53 Å². The van der Waals surface area contributed by atoms with Crippen LogP contribution in [0.3, 0.4) is 0 Å². The predicted octanol–water partition coefficient (Wildman–Crippen LogP) is 2.38. The fourth-order valence-electron chi connectivity index (χ4n) is 2.56. The zero-order valence-corrected chi connectivity index (χ0v) is 13.6. The molecule has 0 radical (unpaired) electrons. The molecule has 2 N–H and O–H groups in total. The van der Waals surface area contributed by atoms with Gasteiger partial charge in [0.25, 0.3) is 0 Å². The highest BCUT2D eigenvalue weighted by molar-refractivity contribution is 5.85. The van der Waals surface area contributed by atoms with E-state index in [9.17, 15) is 4.79 Å². The Kier molecular flexibility index (Phi) is 6.99. The van der Waals surface area contributed by atoms with Crippen molar-refractivity contribution in [3.05, 3.63) is 29.8 Å². The highest BCUT2D eigenvalue weighted by Gasteiger charge is 2.27. The van der Waals surface area contributed by atoms with E-state index in [1.165, 1.54) is 0 Å². The van der Waals surface area contributed by atoms with Gasteiger partial charge in [-0.25, -0.2) is 0 Å². The Morgan fingerprint density at radius 1 is 1.52 bits per heavy atom. The zero-order chi connectivity index (χ0) is 14.5. The number of carbonyl (C=O) groups excluding carboxylic acids is 1. The Morgan fingerprint density at radius 2 is 2.29 bits per heavy atom. The second-order valence-electron chi connectivity index (χ2n) is 5.66. The third kappa shape index (κ3) is 5.21. The molecule has 0 aliphatic carbocycles. The van der Waals surface area contributed by atoms with Gasteiger partial charge in [0.1, 0.15) is 5.75 Å². The normalized spacial score (nSPS) is 19.0. The average Bonchev–Trinajstić information content (AvgIpc) is 2.88. The number of halogens is 1. The summed E-state index contributed by atoms with van der Waals surface area (Å²) in [4.78, 5) is 14.0. The largest absolute Gasteiger partial charge is 0.493 e. The molecule has 2 rings (SSSR count). The maximum Gasteiger partial charge on any atom is 0.226 e. The van der Waals surface area contributed by atoms with Crippen LogP contribution in [0, 0.1) is 12.8 Å². The fraction of sp³-hybridized carbons (Fsp3) is 0.562. The van der Waals surface area contributed by atoms with Gasteiger partial charge in [-0.3, -0.25) is 4.79 Å². The van der Waals surface area contributed by atoms with Crippen molar-refractivity contribution in [2.24, 2.45) is 11.7 Å². The fourth-order valence-corrected chi connectivity index (χ4v) is 2.56. The van der Waals surface area contributed by atoms with Gasteiger partial charge in [0.2, 0.25) is 5.91 Å². The van der Waals surface area contributed by atoms with Gasteiger partial charge in [0, 0.05) is 19.1 Å². The third-order valence-corrected chi connectivity index (χ3v) is 3.90. The number of rotatable bonds is 5. The Morgan fingerprint density at radius 3 is 2.90 bits per heavy atom. The van der Waals surface area contributed by atoms with E-state index in [-0.39, 0.29) is 24.4 Å². The first-order valence-electron chi connectivity index (χ1n) is 7.29. The molecule has 2 unspecified atom stereocenters. The summed E-state index contributed by atoms with van der Waals surface area (Å²) in [5.41, 5.74) is 7.05. The van der Waals surface area contributed by atoms with Gasteiger partial charge in [-0.15, -0.1) is 12.4 Å². The molecule has 1 aromatic rings. The van der Waals surface area contributed by atoms with Crippen LogP contribution in [-0.2, 0) is 4.79 Å². The molecule has 2 atom stereocenters. The lowest BCUT2D eigenvalue weighted by Crippen LogP contribution is -2.33. The SMILES string of the molecule is Cc1cccc(OCCC(=O)N2CCC(C(C)N)C2)c1.Cl. The summed E-state index contributed by atoms with van der Waals surface area (Å²) >= 11 is 0. The molecule has 0 spiro atoms. The van der Waals surface area contributed by atoms with Crippen molar-refractivity contribution in [2.45, 2.75) is 32.7 Å². The van der Waals surface area contributed by atoms with E-state index in [1.807, 2.05) is 43.0 Å². The van der Waals surface area contributed by atoms with Crippen LogP contribution in [0.5, 0.6) is 5.75 Å². The first-order valence-corrected chi connectivity index (χ1v) is 7.29. The van der Waals surface area contributed by atoms with Gasteiger partial charge in [-0.1, -0.05) is 12.1 Å². The number of amides is 1. The van der Waals surface area contributed by atoms with Crippen LogP contribution in [0.1, 0.15) is 25.3 Å². The van der Waals surface area contributed by atoms with Crippen molar-refractivity contribution in [1.29, 1.82) is 0 Å². The molecule has 1 aliphatic heterocycles. The number of hydrogen-bond donors (Lipinski definition) is 1. The maximum absolute atomic E-state index is 12.1. The summed E-state index contributed by atoms with van der Waals surface area (Å²) in [6.07, 6.45) is 1.45. The minimum atomic E-state index is 0. The van der Waals surface area contributed by atoms with Crippen LogP contribution in [0.25, 0.3) is 0 Å². The molecule has 21 heavy (non-hydrogen) atoms. The summed E-state index contributed by atoms with van der Waals surface area (Å²) in [5, 5.41) is 0. The van der Waals surface area contributed by atoms with Crippen LogP contribution >= 0.6 is 12.4 Å². The van der Waals surface area contributed by atoms with Gasteiger partial charge in [0.05, 0.1) is 13.0 Å². The van der Waals surface area contributed by atoms with E-state index < -0.39 is 0 Å². The lowest BCUT2D eigenvalue weighted by atomic mass is 10.0. The second kappa shape index (κ2) is 8.25. The minimum absolute atomic E-state index is 0. The van der Waals surface area contributed by atoms with Crippen LogP contribution in [-0.4, -0.2) is 36.5 Å². The molecular formula is C16H25ClN2O2.